The molecule has 1 aromatic carbocycles. The van der Waals surface area contributed by atoms with Gasteiger partial charge in [-0.3, -0.25) is 0 Å². The molecule has 0 saturated heterocycles. The Hall–Kier alpha value is -0.355. The third-order valence-corrected chi connectivity index (χ3v) is 4.18. The van der Waals surface area contributed by atoms with Crippen LogP contribution in [0.25, 0.3) is 10.1 Å². The molecule has 0 radical (unpaired) electrons. The van der Waals surface area contributed by atoms with E-state index in [0.717, 1.165) is 20.1 Å². The number of hydrogen-bond acceptors (Lipinski definition) is 3. The fraction of sp³-hybridized carbons (Fsp3) is 0.111. The van der Waals surface area contributed by atoms with Crippen molar-refractivity contribution in [3.63, 3.8) is 0 Å². The van der Waals surface area contributed by atoms with Crippen molar-refractivity contribution in [1.82, 2.24) is 0 Å². The van der Waals surface area contributed by atoms with Gasteiger partial charge in [0.15, 0.2) is 0 Å². The van der Waals surface area contributed by atoms with Gasteiger partial charge >= 0.3 is 7.12 Å². The molecule has 1 heterocycles. The predicted molar refractivity (Wildman–Crippen MR) is 64.1 cm³/mol. The number of aryl methyl sites for hydroxylation is 1. The standard InChI is InChI=1S/C9H8BBrO2S/c1-5-4-14-9-7(5)2-6(10(12)13)3-8(9)11/h2-4,12-13H,1H3. The van der Waals surface area contributed by atoms with Gasteiger partial charge in [-0.05, 0) is 50.7 Å². The van der Waals surface area contributed by atoms with Crippen LogP contribution in [0.2, 0.25) is 0 Å². The van der Waals surface area contributed by atoms with Crippen molar-refractivity contribution < 1.29 is 10.0 Å². The Morgan fingerprint density at radius 2 is 2.07 bits per heavy atom. The summed E-state index contributed by atoms with van der Waals surface area (Å²) in [4.78, 5) is 0. The second-order valence-electron chi connectivity index (χ2n) is 3.17. The van der Waals surface area contributed by atoms with Crippen LogP contribution in [0.4, 0.5) is 0 Å². The molecule has 0 unspecified atom stereocenters. The lowest BCUT2D eigenvalue weighted by Crippen LogP contribution is -2.29. The van der Waals surface area contributed by atoms with E-state index < -0.39 is 7.12 Å². The van der Waals surface area contributed by atoms with E-state index in [4.69, 9.17) is 10.0 Å². The van der Waals surface area contributed by atoms with Gasteiger partial charge in [0.2, 0.25) is 0 Å². The normalized spacial score (nSPS) is 10.9. The van der Waals surface area contributed by atoms with Crippen molar-refractivity contribution in [3.8, 4) is 0 Å². The summed E-state index contributed by atoms with van der Waals surface area (Å²) >= 11 is 5.07. The summed E-state index contributed by atoms with van der Waals surface area (Å²) in [5.41, 5.74) is 1.68. The van der Waals surface area contributed by atoms with Crippen molar-refractivity contribution in [1.29, 1.82) is 0 Å². The van der Waals surface area contributed by atoms with Crippen molar-refractivity contribution in [3.05, 3.63) is 27.5 Å². The topological polar surface area (TPSA) is 40.5 Å². The summed E-state index contributed by atoms with van der Waals surface area (Å²) in [5.74, 6) is 0. The van der Waals surface area contributed by atoms with Gasteiger partial charge in [0.1, 0.15) is 0 Å². The fourth-order valence-electron chi connectivity index (χ4n) is 1.39. The lowest BCUT2D eigenvalue weighted by atomic mass is 9.80. The van der Waals surface area contributed by atoms with Crippen LogP contribution < -0.4 is 5.46 Å². The van der Waals surface area contributed by atoms with Crippen LogP contribution in [0.15, 0.2) is 22.0 Å². The van der Waals surface area contributed by atoms with Crippen LogP contribution in [0.5, 0.6) is 0 Å². The van der Waals surface area contributed by atoms with Crippen LogP contribution in [-0.4, -0.2) is 17.2 Å². The number of halogens is 1. The highest BCUT2D eigenvalue weighted by Gasteiger charge is 2.14. The second kappa shape index (κ2) is 3.66. The molecule has 2 aromatic rings. The minimum Gasteiger partial charge on any atom is -0.423 e. The van der Waals surface area contributed by atoms with E-state index in [1.54, 1.807) is 17.4 Å². The first-order chi connectivity index (χ1) is 6.59. The van der Waals surface area contributed by atoms with Crippen molar-refractivity contribution in [2.24, 2.45) is 0 Å². The first-order valence-electron chi connectivity index (χ1n) is 4.13. The molecule has 0 amide bonds. The Labute approximate surface area is 94.5 Å². The molecule has 1 aromatic heterocycles. The van der Waals surface area contributed by atoms with Gasteiger partial charge in [-0.2, -0.15) is 0 Å². The van der Waals surface area contributed by atoms with Crippen molar-refractivity contribution in [2.75, 3.05) is 0 Å². The molecule has 14 heavy (non-hydrogen) atoms. The molecular formula is C9H8BBrO2S. The molecule has 0 aliphatic carbocycles. The Morgan fingerprint density at radius 3 is 2.71 bits per heavy atom. The van der Waals surface area contributed by atoms with Gasteiger partial charge < -0.3 is 10.0 Å². The Balaban J connectivity index is 2.75. The largest absolute Gasteiger partial charge is 0.488 e. The minimum absolute atomic E-state index is 0.519. The first-order valence-corrected chi connectivity index (χ1v) is 5.80. The van der Waals surface area contributed by atoms with E-state index in [1.165, 1.54) is 0 Å². The number of benzene rings is 1. The SMILES string of the molecule is Cc1csc2c(Br)cc(B(O)O)cc12. The van der Waals surface area contributed by atoms with Gasteiger partial charge in [-0.15, -0.1) is 11.3 Å². The average molecular weight is 271 g/mol. The highest BCUT2D eigenvalue weighted by Crippen LogP contribution is 2.30. The van der Waals surface area contributed by atoms with Crippen LogP contribution in [-0.2, 0) is 0 Å². The minimum atomic E-state index is -1.41. The molecule has 2 rings (SSSR count). The fourth-order valence-corrected chi connectivity index (χ4v) is 3.09. The third-order valence-electron chi connectivity index (χ3n) is 2.14. The molecule has 0 saturated carbocycles. The van der Waals surface area contributed by atoms with Gasteiger partial charge in [0.25, 0.3) is 0 Å². The van der Waals surface area contributed by atoms with Crippen LogP contribution in [0, 0.1) is 6.92 Å². The van der Waals surface area contributed by atoms with E-state index in [-0.39, 0.29) is 0 Å². The highest BCUT2D eigenvalue weighted by molar-refractivity contribution is 9.10. The molecule has 0 aliphatic rings. The molecule has 0 bridgehead atoms. The molecule has 0 spiro atoms. The molecule has 0 aliphatic heterocycles. The molecule has 0 atom stereocenters. The van der Waals surface area contributed by atoms with Crippen LogP contribution in [0.1, 0.15) is 5.56 Å². The number of fused-ring (bicyclic) bond motifs is 1. The Morgan fingerprint density at radius 1 is 1.36 bits per heavy atom. The molecule has 0 fully saturated rings. The number of thiophene rings is 1. The Bertz CT molecular complexity index is 481. The van der Waals surface area contributed by atoms with E-state index in [9.17, 15) is 0 Å². The Kier molecular flexibility index (Phi) is 2.66. The molecule has 2 nitrogen and oxygen atoms in total. The first kappa shape index (κ1) is 10.2. The summed E-state index contributed by atoms with van der Waals surface area (Å²) in [5, 5.41) is 21.3. The maximum atomic E-state index is 9.07. The maximum Gasteiger partial charge on any atom is 0.488 e. The average Bonchev–Trinajstić information content (AvgIpc) is 2.48. The maximum absolute atomic E-state index is 9.07. The third kappa shape index (κ3) is 1.61. The molecule has 2 N–H and O–H groups in total. The van der Waals surface area contributed by atoms with E-state index >= 15 is 0 Å². The van der Waals surface area contributed by atoms with E-state index in [2.05, 4.69) is 21.3 Å². The summed E-state index contributed by atoms with van der Waals surface area (Å²) in [6.45, 7) is 2.01. The number of hydrogen-bond donors (Lipinski definition) is 2. The van der Waals surface area contributed by atoms with Crippen molar-refractivity contribution in [2.45, 2.75) is 6.92 Å². The lowest BCUT2D eigenvalue weighted by molar-refractivity contribution is 0.426. The van der Waals surface area contributed by atoms with Gasteiger partial charge in [-0.1, -0.05) is 6.07 Å². The zero-order valence-corrected chi connectivity index (χ0v) is 9.89. The van der Waals surface area contributed by atoms with Crippen molar-refractivity contribution >= 4 is 49.9 Å². The molecule has 72 valence electrons. The summed E-state index contributed by atoms with van der Waals surface area (Å²) < 4.78 is 2.06. The highest BCUT2D eigenvalue weighted by atomic mass is 79.9. The monoisotopic (exact) mass is 270 g/mol. The molecule has 5 heteroatoms. The quantitative estimate of drug-likeness (QED) is 0.774. The predicted octanol–water partition coefficient (Wildman–Crippen LogP) is 1.65. The summed E-state index contributed by atoms with van der Waals surface area (Å²) in [7, 11) is -1.41. The lowest BCUT2D eigenvalue weighted by Gasteiger charge is -2.02. The summed E-state index contributed by atoms with van der Waals surface area (Å²) in [6.07, 6.45) is 0. The second-order valence-corrected chi connectivity index (χ2v) is 4.91. The van der Waals surface area contributed by atoms with E-state index in [1.807, 2.05) is 13.0 Å². The molecular weight excluding hydrogens is 263 g/mol. The van der Waals surface area contributed by atoms with Crippen LogP contribution >= 0.6 is 27.3 Å². The summed E-state index contributed by atoms with van der Waals surface area (Å²) in [6, 6.07) is 3.56. The van der Waals surface area contributed by atoms with E-state index in [0.29, 0.717) is 5.46 Å². The van der Waals surface area contributed by atoms with Crippen LogP contribution in [0.3, 0.4) is 0 Å². The van der Waals surface area contributed by atoms with Gasteiger partial charge in [0, 0.05) is 9.17 Å². The van der Waals surface area contributed by atoms with Gasteiger partial charge in [-0.25, -0.2) is 0 Å². The zero-order chi connectivity index (χ0) is 10.3. The van der Waals surface area contributed by atoms with Gasteiger partial charge in [0.05, 0.1) is 0 Å². The number of rotatable bonds is 1. The zero-order valence-electron chi connectivity index (χ0n) is 7.49. The smallest absolute Gasteiger partial charge is 0.423 e.